The minimum atomic E-state index is 0.365. The highest BCUT2D eigenvalue weighted by molar-refractivity contribution is 9.10. The van der Waals surface area contributed by atoms with Gasteiger partial charge in [0.25, 0.3) is 0 Å². The molecule has 0 aliphatic rings. The number of hydrogen-bond acceptors (Lipinski definition) is 3. The molecule has 5 heteroatoms. The Balaban J connectivity index is 2.63. The number of ether oxygens (including phenoxy) is 1. The van der Waals surface area contributed by atoms with Crippen molar-refractivity contribution in [3.8, 4) is 16.9 Å². The molecule has 0 atom stereocenters. The zero-order valence-corrected chi connectivity index (χ0v) is 13.2. The zero-order valence-electron chi connectivity index (χ0n) is 11.6. The van der Waals surface area contributed by atoms with Crippen molar-refractivity contribution in [2.24, 2.45) is 7.05 Å². The van der Waals surface area contributed by atoms with Crippen LogP contribution in [0.3, 0.4) is 0 Å². The van der Waals surface area contributed by atoms with Crippen LogP contribution in [0.25, 0.3) is 11.1 Å². The fraction of sp³-hybridized carbons (Fsp3) is 0.357. The third kappa shape index (κ3) is 2.47. The average molecular weight is 324 g/mol. The molecule has 0 fully saturated rings. The van der Waals surface area contributed by atoms with Gasteiger partial charge in [0.15, 0.2) is 0 Å². The zero-order chi connectivity index (χ0) is 14.2. The molecule has 19 heavy (non-hydrogen) atoms. The lowest BCUT2D eigenvalue weighted by Crippen LogP contribution is -1.99. The highest BCUT2D eigenvalue weighted by Crippen LogP contribution is 2.39. The highest BCUT2D eigenvalue weighted by Gasteiger charge is 2.16. The molecule has 1 aromatic heterocycles. The summed E-state index contributed by atoms with van der Waals surface area (Å²) in [6.45, 7) is 4.28. The van der Waals surface area contributed by atoms with Crippen LogP contribution < -0.4 is 10.5 Å². The number of hydrogen-bond donors (Lipinski definition) is 1. The number of methoxy groups -OCH3 is 1. The first-order valence-corrected chi connectivity index (χ1v) is 6.90. The van der Waals surface area contributed by atoms with E-state index in [-0.39, 0.29) is 0 Å². The second kappa shape index (κ2) is 5.25. The molecule has 102 valence electrons. The van der Waals surface area contributed by atoms with Gasteiger partial charge in [-0.1, -0.05) is 13.8 Å². The van der Waals surface area contributed by atoms with E-state index < -0.39 is 0 Å². The minimum absolute atomic E-state index is 0.365. The molecule has 0 aliphatic carbocycles. The van der Waals surface area contributed by atoms with Crippen molar-refractivity contribution in [1.29, 1.82) is 0 Å². The molecular weight excluding hydrogens is 306 g/mol. The van der Waals surface area contributed by atoms with Crippen LogP contribution in [0.4, 0.5) is 5.82 Å². The average Bonchev–Trinajstić information content (AvgIpc) is 2.69. The Morgan fingerprint density at radius 2 is 2.05 bits per heavy atom. The summed E-state index contributed by atoms with van der Waals surface area (Å²) in [5.41, 5.74) is 9.16. The summed E-state index contributed by atoms with van der Waals surface area (Å²) in [5.74, 6) is 1.90. The van der Waals surface area contributed by atoms with E-state index in [1.807, 2.05) is 13.1 Å². The Labute approximate surface area is 121 Å². The number of halogens is 1. The number of aromatic nitrogens is 2. The summed E-state index contributed by atoms with van der Waals surface area (Å²) in [4.78, 5) is 0. The van der Waals surface area contributed by atoms with Crippen molar-refractivity contribution in [3.63, 3.8) is 0 Å². The van der Waals surface area contributed by atoms with Gasteiger partial charge in [-0.2, -0.15) is 5.10 Å². The molecule has 0 saturated heterocycles. The summed E-state index contributed by atoms with van der Waals surface area (Å²) in [6, 6.07) is 4.12. The molecule has 0 spiro atoms. The Morgan fingerprint density at radius 3 is 2.53 bits per heavy atom. The molecular formula is C14H18BrN3O. The van der Waals surface area contributed by atoms with Crippen LogP contribution in [0, 0.1) is 0 Å². The number of benzene rings is 1. The maximum Gasteiger partial charge on any atom is 0.136 e. The van der Waals surface area contributed by atoms with Crippen molar-refractivity contribution in [2.75, 3.05) is 12.8 Å². The quantitative estimate of drug-likeness (QED) is 0.939. The SMILES string of the molecule is COc1c(Br)cc(-c2cnn(C)c2N)cc1C(C)C. The van der Waals surface area contributed by atoms with Crippen molar-refractivity contribution in [3.05, 3.63) is 28.4 Å². The molecule has 0 bridgehead atoms. The number of nitrogens with zero attached hydrogens (tertiary/aromatic N) is 2. The molecule has 2 aromatic rings. The molecule has 0 unspecified atom stereocenters. The van der Waals surface area contributed by atoms with Crippen LogP contribution in [0.1, 0.15) is 25.3 Å². The van der Waals surface area contributed by atoms with Crippen LogP contribution in [0.15, 0.2) is 22.8 Å². The van der Waals surface area contributed by atoms with Gasteiger partial charge in [-0.05, 0) is 45.1 Å². The van der Waals surface area contributed by atoms with E-state index in [1.54, 1.807) is 18.0 Å². The monoisotopic (exact) mass is 323 g/mol. The van der Waals surface area contributed by atoms with Gasteiger partial charge < -0.3 is 10.5 Å². The number of nitrogen functional groups attached to an aromatic ring is 1. The Bertz CT molecular complexity index is 605. The van der Waals surface area contributed by atoms with Crippen molar-refractivity contribution >= 4 is 21.7 Å². The Kier molecular flexibility index (Phi) is 3.85. The van der Waals surface area contributed by atoms with Crippen LogP contribution >= 0.6 is 15.9 Å². The summed E-state index contributed by atoms with van der Waals surface area (Å²) in [5, 5.41) is 4.18. The van der Waals surface area contributed by atoms with E-state index in [0.717, 1.165) is 26.9 Å². The fourth-order valence-electron chi connectivity index (χ4n) is 2.08. The smallest absolute Gasteiger partial charge is 0.136 e. The van der Waals surface area contributed by atoms with Crippen LogP contribution in [0.2, 0.25) is 0 Å². The molecule has 2 N–H and O–H groups in total. The third-order valence-electron chi connectivity index (χ3n) is 3.19. The van der Waals surface area contributed by atoms with Crippen molar-refractivity contribution in [1.82, 2.24) is 9.78 Å². The maximum absolute atomic E-state index is 6.04. The van der Waals surface area contributed by atoms with Gasteiger partial charge in [0.05, 0.1) is 17.8 Å². The highest BCUT2D eigenvalue weighted by atomic mass is 79.9. The number of aryl methyl sites for hydroxylation is 1. The standard InChI is InChI=1S/C14H18BrN3O/c1-8(2)10-5-9(6-12(15)13(10)19-4)11-7-17-18(3)14(11)16/h5-8H,16H2,1-4H3. The molecule has 2 rings (SSSR count). The first kappa shape index (κ1) is 13.9. The van der Waals surface area contributed by atoms with Gasteiger partial charge in [-0.25, -0.2) is 0 Å². The molecule has 1 aromatic carbocycles. The van der Waals surface area contributed by atoms with Gasteiger partial charge in [-0.15, -0.1) is 0 Å². The molecule has 1 heterocycles. The van der Waals surface area contributed by atoms with E-state index in [4.69, 9.17) is 10.5 Å². The first-order valence-electron chi connectivity index (χ1n) is 6.11. The Morgan fingerprint density at radius 1 is 1.37 bits per heavy atom. The molecule has 0 amide bonds. The largest absolute Gasteiger partial charge is 0.495 e. The van der Waals surface area contributed by atoms with E-state index in [0.29, 0.717) is 11.7 Å². The Hall–Kier alpha value is -1.49. The van der Waals surface area contributed by atoms with Gasteiger partial charge >= 0.3 is 0 Å². The molecule has 0 saturated carbocycles. The predicted octanol–water partition coefficient (Wildman–Crippen LogP) is 3.56. The third-order valence-corrected chi connectivity index (χ3v) is 3.78. The number of nitrogens with two attached hydrogens (primary N) is 1. The summed E-state index contributed by atoms with van der Waals surface area (Å²) < 4.78 is 8.06. The lowest BCUT2D eigenvalue weighted by atomic mass is 9.97. The number of anilines is 1. The minimum Gasteiger partial charge on any atom is -0.495 e. The molecule has 0 aliphatic heterocycles. The van der Waals surface area contributed by atoms with Gasteiger partial charge in [0.2, 0.25) is 0 Å². The topological polar surface area (TPSA) is 53.1 Å². The van der Waals surface area contributed by atoms with E-state index >= 15 is 0 Å². The van der Waals surface area contributed by atoms with Gasteiger partial charge in [-0.3, -0.25) is 4.68 Å². The van der Waals surface area contributed by atoms with Crippen LogP contribution in [-0.4, -0.2) is 16.9 Å². The molecule has 0 radical (unpaired) electrons. The number of rotatable bonds is 3. The van der Waals surface area contributed by atoms with Gasteiger partial charge in [0.1, 0.15) is 11.6 Å². The van der Waals surface area contributed by atoms with E-state index in [9.17, 15) is 0 Å². The van der Waals surface area contributed by atoms with Crippen molar-refractivity contribution in [2.45, 2.75) is 19.8 Å². The van der Waals surface area contributed by atoms with E-state index in [1.165, 1.54) is 0 Å². The molecule has 4 nitrogen and oxygen atoms in total. The first-order chi connectivity index (χ1) is 8.95. The van der Waals surface area contributed by atoms with Gasteiger partial charge in [0, 0.05) is 12.6 Å². The van der Waals surface area contributed by atoms with Crippen LogP contribution in [0.5, 0.6) is 5.75 Å². The summed E-state index contributed by atoms with van der Waals surface area (Å²) in [6.07, 6.45) is 1.79. The lowest BCUT2D eigenvalue weighted by Gasteiger charge is -2.15. The summed E-state index contributed by atoms with van der Waals surface area (Å²) >= 11 is 3.56. The predicted molar refractivity (Wildman–Crippen MR) is 81.4 cm³/mol. The summed E-state index contributed by atoms with van der Waals surface area (Å²) in [7, 11) is 3.52. The van der Waals surface area contributed by atoms with E-state index in [2.05, 4.69) is 40.9 Å². The second-order valence-electron chi connectivity index (χ2n) is 4.80. The second-order valence-corrected chi connectivity index (χ2v) is 5.66. The lowest BCUT2D eigenvalue weighted by molar-refractivity contribution is 0.405. The van der Waals surface area contributed by atoms with Crippen LogP contribution in [-0.2, 0) is 7.05 Å². The van der Waals surface area contributed by atoms with Crippen molar-refractivity contribution < 1.29 is 4.74 Å². The normalized spacial score (nSPS) is 11.1. The fourth-order valence-corrected chi connectivity index (χ4v) is 2.72. The maximum atomic E-state index is 6.04.